The van der Waals surface area contributed by atoms with Crippen molar-refractivity contribution in [2.24, 2.45) is 5.92 Å². The smallest absolute Gasteiger partial charge is 0.238 e. The van der Waals surface area contributed by atoms with E-state index < -0.39 is 0 Å². The Morgan fingerprint density at radius 1 is 1.47 bits per heavy atom. The van der Waals surface area contributed by atoms with Crippen molar-refractivity contribution in [1.29, 1.82) is 0 Å². The van der Waals surface area contributed by atoms with Gasteiger partial charge in [-0.2, -0.15) is 0 Å². The Kier molecular flexibility index (Phi) is 4.76. The molecular weight excluding hydrogens is 218 g/mol. The van der Waals surface area contributed by atoms with Crippen LogP contribution in [0.5, 0.6) is 0 Å². The lowest BCUT2D eigenvalue weighted by molar-refractivity contribution is -0.126. The second-order valence-electron chi connectivity index (χ2n) is 5.00. The molecule has 2 saturated heterocycles. The lowest BCUT2D eigenvalue weighted by Gasteiger charge is -2.32. The molecule has 5 nitrogen and oxygen atoms in total. The van der Waals surface area contributed by atoms with Crippen LogP contribution in [-0.4, -0.2) is 63.3 Å². The van der Waals surface area contributed by atoms with Gasteiger partial charge in [-0.25, -0.2) is 0 Å². The van der Waals surface area contributed by atoms with Crippen LogP contribution in [-0.2, 0) is 9.53 Å². The summed E-state index contributed by atoms with van der Waals surface area (Å²) in [5.74, 6) is 0.751. The zero-order chi connectivity index (χ0) is 12.1. The van der Waals surface area contributed by atoms with Gasteiger partial charge in [0.25, 0.3) is 0 Å². The minimum absolute atomic E-state index is 0.0106. The molecule has 5 heteroatoms. The summed E-state index contributed by atoms with van der Waals surface area (Å²) in [6, 6.07) is -0.0106. The number of likely N-dealkylation sites (N-methyl/N-ethyl adjacent to an activating group) is 1. The molecule has 1 atom stereocenters. The molecule has 17 heavy (non-hydrogen) atoms. The Morgan fingerprint density at radius 3 is 2.94 bits per heavy atom. The summed E-state index contributed by atoms with van der Waals surface area (Å²) in [6.45, 7) is 5.15. The Balaban J connectivity index is 1.72. The van der Waals surface area contributed by atoms with E-state index in [9.17, 15) is 4.79 Å². The zero-order valence-electron chi connectivity index (χ0n) is 10.6. The number of nitrogens with one attached hydrogen (secondary N) is 2. The number of carbonyl (C=O) groups is 1. The zero-order valence-corrected chi connectivity index (χ0v) is 10.6. The summed E-state index contributed by atoms with van der Waals surface area (Å²) in [5, 5.41) is 6.34. The highest BCUT2D eigenvalue weighted by Gasteiger charge is 2.26. The molecule has 2 heterocycles. The first kappa shape index (κ1) is 12.8. The summed E-state index contributed by atoms with van der Waals surface area (Å²) in [5.41, 5.74) is 0. The van der Waals surface area contributed by atoms with E-state index in [1.54, 1.807) is 0 Å². The molecule has 2 aliphatic rings. The summed E-state index contributed by atoms with van der Waals surface area (Å²) >= 11 is 0. The fraction of sp³-hybridized carbons (Fsp3) is 0.917. The number of ether oxygens (including phenoxy) is 1. The van der Waals surface area contributed by atoms with Crippen molar-refractivity contribution in [2.45, 2.75) is 18.9 Å². The first-order valence-electron chi connectivity index (χ1n) is 6.54. The number of piperazine rings is 1. The molecule has 0 aromatic carbocycles. The van der Waals surface area contributed by atoms with Crippen molar-refractivity contribution in [2.75, 3.05) is 46.4 Å². The van der Waals surface area contributed by atoms with E-state index in [2.05, 4.69) is 15.5 Å². The van der Waals surface area contributed by atoms with E-state index in [0.29, 0.717) is 5.92 Å². The fourth-order valence-corrected chi connectivity index (χ4v) is 2.41. The van der Waals surface area contributed by atoms with Gasteiger partial charge in [-0.3, -0.25) is 9.69 Å². The van der Waals surface area contributed by atoms with Crippen molar-refractivity contribution in [3.05, 3.63) is 0 Å². The standard InChI is InChI=1S/C12H23N3O2/c1-15-5-4-13-9-11(15)12(16)14-8-10-2-6-17-7-3-10/h10-11,13H,2-9H2,1H3,(H,14,16). The number of amides is 1. The SMILES string of the molecule is CN1CCNCC1C(=O)NCC1CCOCC1. The highest BCUT2D eigenvalue weighted by atomic mass is 16.5. The Bertz CT molecular complexity index is 254. The van der Waals surface area contributed by atoms with Crippen molar-refractivity contribution in [3.63, 3.8) is 0 Å². The monoisotopic (exact) mass is 241 g/mol. The average molecular weight is 241 g/mol. The molecule has 2 aliphatic heterocycles. The van der Waals surface area contributed by atoms with Gasteiger partial charge in [-0.05, 0) is 25.8 Å². The average Bonchev–Trinajstić information content (AvgIpc) is 2.38. The van der Waals surface area contributed by atoms with E-state index in [4.69, 9.17) is 4.74 Å². The van der Waals surface area contributed by atoms with Crippen molar-refractivity contribution in [3.8, 4) is 0 Å². The molecule has 0 spiro atoms. The van der Waals surface area contributed by atoms with Crippen LogP contribution >= 0.6 is 0 Å². The Hall–Kier alpha value is -0.650. The lowest BCUT2D eigenvalue weighted by atomic mass is 10.0. The topological polar surface area (TPSA) is 53.6 Å². The third-order valence-corrected chi connectivity index (χ3v) is 3.72. The number of nitrogens with zero attached hydrogens (tertiary/aromatic N) is 1. The van der Waals surface area contributed by atoms with E-state index in [0.717, 1.165) is 52.2 Å². The van der Waals surface area contributed by atoms with E-state index >= 15 is 0 Å². The van der Waals surface area contributed by atoms with E-state index in [1.807, 2.05) is 7.05 Å². The number of rotatable bonds is 3. The molecule has 1 unspecified atom stereocenters. The highest BCUT2D eigenvalue weighted by Crippen LogP contribution is 2.13. The molecule has 0 aromatic rings. The molecule has 2 N–H and O–H groups in total. The second kappa shape index (κ2) is 6.33. The van der Waals surface area contributed by atoms with Gasteiger partial charge in [0.15, 0.2) is 0 Å². The largest absolute Gasteiger partial charge is 0.381 e. The lowest BCUT2D eigenvalue weighted by Crippen LogP contribution is -2.56. The molecule has 0 saturated carbocycles. The second-order valence-corrected chi connectivity index (χ2v) is 5.00. The normalized spacial score (nSPS) is 27.9. The first-order chi connectivity index (χ1) is 8.27. The minimum Gasteiger partial charge on any atom is -0.381 e. The molecule has 0 aromatic heterocycles. The van der Waals surface area contributed by atoms with E-state index in [1.165, 1.54) is 0 Å². The van der Waals surface area contributed by atoms with Crippen LogP contribution in [0.3, 0.4) is 0 Å². The quantitative estimate of drug-likeness (QED) is 0.695. The van der Waals surface area contributed by atoms with Crippen LogP contribution in [0, 0.1) is 5.92 Å². The molecule has 2 fully saturated rings. The van der Waals surface area contributed by atoms with Crippen molar-refractivity contribution < 1.29 is 9.53 Å². The number of carbonyl (C=O) groups excluding carboxylic acids is 1. The van der Waals surface area contributed by atoms with Crippen molar-refractivity contribution in [1.82, 2.24) is 15.5 Å². The Labute approximate surface area is 103 Å². The third-order valence-electron chi connectivity index (χ3n) is 3.72. The summed E-state index contributed by atoms with van der Waals surface area (Å²) in [4.78, 5) is 14.1. The predicted molar refractivity (Wildman–Crippen MR) is 65.8 cm³/mol. The number of hydrogen-bond acceptors (Lipinski definition) is 4. The van der Waals surface area contributed by atoms with Gasteiger partial charge in [0.2, 0.25) is 5.91 Å². The van der Waals surface area contributed by atoms with Gasteiger partial charge in [0.05, 0.1) is 0 Å². The highest BCUT2D eigenvalue weighted by molar-refractivity contribution is 5.82. The fourth-order valence-electron chi connectivity index (χ4n) is 2.41. The van der Waals surface area contributed by atoms with Crippen molar-refractivity contribution >= 4 is 5.91 Å². The van der Waals surface area contributed by atoms with Gasteiger partial charge in [-0.1, -0.05) is 0 Å². The summed E-state index contributed by atoms with van der Waals surface area (Å²) < 4.78 is 5.31. The molecule has 1 amide bonds. The van der Waals surface area contributed by atoms with Gasteiger partial charge in [0, 0.05) is 39.4 Å². The summed E-state index contributed by atoms with van der Waals surface area (Å²) in [6.07, 6.45) is 2.14. The van der Waals surface area contributed by atoms with Crippen LogP contribution in [0.25, 0.3) is 0 Å². The third kappa shape index (κ3) is 3.66. The predicted octanol–water partition coefficient (Wildman–Crippen LogP) is -0.567. The maximum atomic E-state index is 12.0. The molecule has 0 radical (unpaired) electrons. The molecule has 2 rings (SSSR count). The minimum atomic E-state index is -0.0106. The van der Waals surface area contributed by atoms with E-state index in [-0.39, 0.29) is 11.9 Å². The molecular formula is C12H23N3O2. The van der Waals surface area contributed by atoms with Gasteiger partial charge >= 0.3 is 0 Å². The molecule has 0 aliphatic carbocycles. The summed E-state index contributed by atoms with van der Waals surface area (Å²) in [7, 11) is 2.01. The van der Waals surface area contributed by atoms with Crippen LogP contribution in [0.4, 0.5) is 0 Å². The van der Waals surface area contributed by atoms with Gasteiger partial charge in [-0.15, -0.1) is 0 Å². The molecule has 98 valence electrons. The van der Waals surface area contributed by atoms with Crippen LogP contribution in [0.2, 0.25) is 0 Å². The first-order valence-corrected chi connectivity index (χ1v) is 6.54. The van der Waals surface area contributed by atoms with Crippen LogP contribution in [0.15, 0.2) is 0 Å². The van der Waals surface area contributed by atoms with Crippen LogP contribution < -0.4 is 10.6 Å². The molecule has 0 bridgehead atoms. The maximum Gasteiger partial charge on any atom is 0.238 e. The van der Waals surface area contributed by atoms with Crippen LogP contribution in [0.1, 0.15) is 12.8 Å². The maximum absolute atomic E-state index is 12.0. The number of hydrogen-bond donors (Lipinski definition) is 2. The van der Waals surface area contributed by atoms with Gasteiger partial charge in [0.1, 0.15) is 6.04 Å². The van der Waals surface area contributed by atoms with Gasteiger partial charge < -0.3 is 15.4 Å². The Morgan fingerprint density at radius 2 is 2.24 bits per heavy atom.